The average Bonchev–Trinajstić information content (AvgIpc) is 2.03. The smallest absolute Gasteiger partial charge is 0.292 e. The molecular formula is C8H5F4-. The predicted molar refractivity (Wildman–Crippen MR) is 36.0 cm³/mol. The quantitative estimate of drug-likeness (QED) is 0.456. The lowest BCUT2D eigenvalue weighted by molar-refractivity contribution is -0.137. The third-order valence-corrected chi connectivity index (χ3v) is 1.34. The molecule has 0 aromatic heterocycles. The fraction of sp³-hybridized carbons (Fsp3) is 0.125. The zero-order chi connectivity index (χ0) is 9.19. The van der Waals surface area contributed by atoms with Crippen molar-refractivity contribution in [2.45, 2.75) is 6.18 Å². The van der Waals surface area contributed by atoms with E-state index in [0.717, 1.165) is 18.2 Å². The molecule has 66 valence electrons. The Morgan fingerprint density at radius 2 is 1.83 bits per heavy atom. The van der Waals surface area contributed by atoms with E-state index in [1.807, 2.05) is 0 Å². The van der Waals surface area contributed by atoms with Crippen LogP contribution in [0.3, 0.4) is 0 Å². The van der Waals surface area contributed by atoms with Gasteiger partial charge in [0.1, 0.15) is 0 Å². The van der Waals surface area contributed by atoms with Crippen LogP contribution in [0.5, 0.6) is 0 Å². The Labute approximate surface area is 66.8 Å². The van der Waals surface area contributed by atoms with Crippen molar-refractivity contribution in [3.8, 4) is 0 Å². The monoisotopic (exact) mass is 177 g/mol. The molecule has 1 rings (SSSR count). The number of benzene rings is 1. The van der Waals surface area contributed by atoms with E-state index in [1.165, 1.54) is 6.07 Å². The summed E-state index contributed by atoms with van der Waals surface area (Å²) in [6.45, 7) is 0.134. The molecule has 0 amide bonds. The molecule has 0 nitrogen and oxygen atoms in total. The molecule has 0 aliphatic rings. The van der Waals surface area contributed by atoms with Crippen LogP contribution in [-0.4, -0.2) is 0 Å². The van der Waals surface area contributed by atoms with Crippen LogP contribution >= 0.6 is 0 Å². The topological polar surface area (TPSA) is 0 Å². The lowest BCUT2D eigenvalue weighted by Crippen LogP contribution is -2.04. The molecule has 0 bridgehead atoms. The van der Waals surface area contributed by atoms with Crippen molar-refractivity contribution in [3.63, 3.8) is 0 Å². The SMILES string of the molecule is F[CH-]c1cccc(C(F)(F)F)c1. The summed E-state index contributed by atoms with van der Waals surface area (Å²) in [5, 5.41) is 0. The van der Waals surface area contributed by atoms with Gasteiger partial charge in [-0.25, -0.2) is 0 Å². The largest absolute Gasteiger partial charge is 0.405 e. The minimum absolute atomic E-state index is 0.0789. The molecule has 4 heteroatoms. The first-order valence-electron chi connectivity index (χ1n) is 3.15. The Morgan fingerprint density at radius 1 is 1.17 bits per heavy atom. The van der Waals surface area contributed by atoms with Gasteiger partial charge in [0.15, 0.2) is 0 Å². The molecule has 0 fully saturated rings. The van der Waals surface area contributed by atoms with Gasteiger partial charge in [-0.2, -0.15) is 24.8 Å². The zero-order valence-corrected chi connectivity index (χ0v) is 5.90. The highest BCUT2D eigenvalue weighted by Crippen LogP contribution is 2.29. The van der Waals surface area contributed by atoms with E-state index in [2.05, 4.69) is 0 Å². The molecule has 0 radical (unpaired) electrons. The van der Waals surface area contributed by atoms with Crippen molar-refractivity contribution in [1.82, 2.24) is 0 Å². The highest BCUT2D eigenvalue weighted by Gasteiger charge is 2.27. The van der Waals surface area contributed by atoms with E-state index < -0.39 is 11.7 Å². The van der Waals surface area contributed by atoms with Crippen molar-refractivity contribution < 1.29 is 17.6 Å². The van der Waals surface area contributed by atoms with Gasteiger partial charge in [-0.05, 0) is 12.2 Å². The Hall–Kier alpha value is -1.19. The second kappa shape index (κ2) is 3.05. The molecule has 0 spiro atoms. The Balaban J connectivity index is 3.02. The number of hydrogen-bond acceptors (Lipinski definition) is 0. The van der Waals surface area contributed by atoms with Gasteiger partial charge < -0.3 is 0 Å². The Kier molecular flexibility index (Phi) is 2.26. The second-order valence-corrected chi connectivity index (χ2v) is 2.23. The maximum absolute atomic E-state index is 12.0. The fourth-order valence-corrected chi connectivity index (χ4v) is 0.783. The van der Waals surface area contributed by atoms with Crippen LogP contribution in [-0.2, 0) is 6.18 Å². The lowest BCUT2D eigenvalue weighted by atomic mass is 10.1. The minimum atomic E-state index is -4.40. The van der Waals surface area contributed by atoms with Gasteiger partial charge in [-0.15, -0.1) is 12.1 Å². The van der Waals surface area contributed by atoms with E-state index in [-0.39, 0.29) is 12.2 Å². The van der Waals surface area contributed by atoms with Crippen LogP contribution in [0.25, 0.3) is 0 Å². The van der Waals surface area contributed by atoms with Crippen LogP contribution in [0.15, 0.2) is 24.3 Å². The summed E-state index contributed by atoms with van der Waals surface area (Å²) in [6, 6.07) is 4.07. The molecule has 12 heavy (non-hydrogen) atoms. The Morgan fingerprint density at radius 3 is 2.33 bits per heavy atom. The van der Waals surface area contributed by atoms with Gasteiger partial charge >= 0.3 is 6.18 Å². The molecule has 1 aromatic rings. The minimum Gasteiger partial charge on any atom is -0.292 e. The van der Waals surface area contributed by atoms with Crippen molar-refractivity contribution in [2.24, 2.45) is 0 Å². The summed E-state index contributed by atoms with van der Waals surface area (Å²) >= 11 is 0. The number of hydrogen-bond donors (Lipinski definition) is 0. The van der Waals surface area contributed by atoms with Crippen LogP contribution < -0.4 is 0 Å². The van der Waals surface area contributed by atoms with Gasteiger partial charge in [-0.3, -0.25) is 4.39 Å². The van der Waals surface area contributed by atoms with Crippen LogP contribution in [0.2, 0.25) is 0 Å². The van der Waals surface area contributed by atoms with E-state index in [4.69, 9.17) is 0 Å². The second-order valence-electron chi connectivity index (χ2n) is 2.23. The van der Waals surface area contributed by atoms with Crippen molar-refractivity contribution in [1.29, 1.82) is 0 Å². The van der Waals surface area contributed by atoms with Gasteiger partial charge in [0.25, 0.3) is 0 Å². The van der Waals surface area contributed by atoms with Gasteiger partial charge in [0.2, 0.25) is 0 Å². The van der Waals surface area contributed by atoms with E-state index in [9.17, 15) is 17.6 Å². The fourth-order valence-electron chi connectivity index (χ4n) is 0.783. The van der Waals surface area contributed by atoms with Crippen LogP contribution in [0.1, 0.15) is 11.1 Å². The van der Waals surface area contributed by atoms with Gasteiger partial charge in [0, 0.05) is 0 Å². The van der Waals surface area contributed by atoms with Gasteiger partial charge in [-0.1, -0.05) is 6.07 Å². The molecule has 0 N–H and O–H groups in total. The Bertz CT molecular complexity index is 264. The summed E-state index contributed by atoms with van der Waals surface area (Å²) in [7, 11) is 0. The number of rotatable bonds is 1. The molecule has 0 aliphatic carbocycles. The van der Waals surface area contributed by atoms with E-state index >= 15 is 0 Å². The molecule has 0 heterocycles. The summed E-state index contributed by atoms with van der Waals surface area (Å²) in [5.41, 5.74) is -0.918. The molecule has 0 saturated heterocycles. The number of halogens is 4. The maximum atomic E-state index is 12.0. The first-order valence-corrected chi connectivity index (χ1v) is 3.15. The highest BCUT2D eigenvalue weighted by molar-refractivity contribution is 5.28. The molecular weight excluding hydrogens is 172 g/mol. The third-order valence-electron chi connectivity index (χ3n) is 1.34. The third kappa shape index (κ3) is 1.90. The highest BCUT2D eigenvalue weighted by atomic mass is 19.4. The summed E-state index contributed by atoms with van der Waals surface area (Å²) < 4.78 is 47.7. The normalized spacial score (nSPS) is 11.3. The molecule has 0 atom stereocenters. The van der Waals surface area contributed by atoms with Crippen molar-refractivity contribution in [2.75, 3.05) is 0 Å². The van der Waals surface area contributed by atoms with E-state index in [1.54, 1.807) is 0 Å². The van der Waals surface area contributed by atoms with Crippen molar-refractivity contribution in [3.05, 3.63) is 42.1 Å². The standard InChI is InChI=1S/C8H5F4/c9-5-6-2-1-3-7(4-6)8(10,11)12/h1-5H/q-1. The van der Waals surface area contributed by atoms with Crippen molar-refractivity contribution >= 4 is 0 Å². The zero-order valence-electron chi connectivity index (χ0n) is 5.90. The summed E-state index contributed by atoms with van der Waals surface area (Å²) in [5.74, 6) is 0. The molecule has 0 unspecified atom stereocenters. The first kappa shape index (κ1) is 8.90. The van der Waals surface area contributed by atoms with Gasteiger partial charge in [0.05, 0.1) is 0 Å². The van der Waals surface area contributed by atoms with Crippen LogP contribution in [0, 0.1) is 6.67 Å². The summed E-state index contributed by atoms with van der Waals surface area (Å²) in [4.78, 5) is 0. The average molecular weight is 177 g/mol. The molecule has 1 aromatic carbocycles. The van der Waals surface area contributed by atoms with Crippen LogP contribution in [0.4, 0.5) is 17.6 Å². The molecule has 0 saturated carbocycles. The lowest BCUT2D eigenvalue weighted by Gasteiger charge is -2.11. The predicted octanol–water partition coefficient (Wildman–Crippen LogP) is 3.18. The summed E-state index contributed by atoms with van der Waals surface area (Å²) in [6.07, 6.45) is -4.40. The first-order chi connectivity index (χ1) is 5.54. The maximum Gasteiger partial charge on any atom is 0.405 e. The number of alkyl halides is 3. The molecule has 0 aliphatic heterocycles. The van der Waals surface area contributed by atoms with E-state index in [0.29, 0.717) is 0 Å².